The number of carbonyl (C=O) groups is 1. The van der Waals surface area contributed by atoms with Crippen molar-refractivity contribution in [3.05, 3.63) is 29.8 Å². The van der Waals surface area contributed by atoms with Gasteiger partial charge < -0.3 is 11.1 Å². The number of nitrogens with one attached hydrogen (secondary N) is 1. The summed E-state index contributed by atoms with van der Waals surface area (Å²) in [6.45, 7) is 3.53. The van der Waals surface area contributed by atoms with Crippen LogP contribution in [-0.4, -0.2) is 44.3 Å². The monoisotopic (exact) mass is 375 g/mol. The second kappa shape index (κ2) is 9.36. The summed E-state index contributed by atoms with van der Waals surface area (Å²) in [4.78, 5) is 12.2. The molecule has 0 aromatic heterocycles. The van der Waals surface area contributed by atoms with Crippen LogP contribution in [0, 0.1) is 0 Å². The summed E-state index contributed by atoms with van der Waals surface area (Å²) in [6, 6.07) is 6.15. The number of carbonyl (C=O) groups excluding carboxylic acids is 1. The van der Waals surface area contributed by atoms with Crippen molar-refractivity contribution in [2.75, 3.05) is 19.6 Å². The van der Waals surface area contributed by atoms with Crippen molar-refractivity contribution < 1.29 is 13.2 Å². The van der Waals surface area contributed by atoms with Gasteiger partial charge in [0, 0.05) is 24.7 Å². The molecule has 0 saturated carbocycles. The lowest BCUT2D eigenvalue weighted by Crippen LogP contribution is -2.41. The first-order valence-electron chi connectivity index (χ1n) is 8.07. The van der Waals surface area contributed by atoms with Gasteiger partial charge in [-0.05, 0) is 57.0 Å². The van der Waals surface area contributed by atoms with Gasteiger partial charge in [0.05, 0.1) is 4.90 Å². The topological polar surface area (TPSA) is 92.5 Å². The number of sulfonamides is 1. The molecule has 1 aliphatic rings. The number of amides is 1. The molecule has 6 nitrogen and oxygen atoms in total. The van der Waals surface area contributed by atoms with Crippen LogP contribution in [0.3, 0.4) is 0 Å². The van der Waals surface area contributed by atoms with Gasteiger partial charge >= 0.3 is 0 Å². The first-order chi connectivity index (χ1) is 11.0. The van der Waals surface area contributed by atoms with Gasteiger partial charge in [0.1, 0.15) is 0 Å². The number of piperidine rings is 1. The first-order valence-corrected chi connectivity index (χ1v) is 9.51. The number of hydrogen-bond donors (Lipinski definition) is 2. The Morgan fingerprint density at radius 3 is 2.54 bits per heavy atom. The van der Waals surface area contributed by atoms with E-state index in [1.807, 2.05) is 6.92 Å². The second-order valence-electron chi connectivity index (χ2n) is 5.88. The predicted molar refractivity (Wildman–Crippen MR) is 96.9 cm³/mol. The van der Waals surface area contributed by atoms with Crippen LogP contribution in [0.1, 0.15) is 43.0 Å². The van der Waals surface area contributed by atoms with Crippen molar-refractivity contribution in [1.29, 1.82) is 0 Å². The fourth-order valence-electron chi connectivity index (χ4n) is 2.75. The summed E-state index contributed by atoms with van der Waals surface area (Å²) in [5.74, 6) is -0.214. The molecule has 0 radical (unpaired) electrons. The van der Waals surface area contributed by atoms with Crippen molar-refractivity contribution in [1.82, 2.24) is 9.62 Å². The third-order valence-corrected chi connectivity index (χ3v) is 6.16. The Bertz CT molecular complexity index is 634. The zero-order chi connectivity index (χ0) is 16.9. The van der Waals surface area contributed by atoms with E-state index in [0.29, 0.717) is 31.6 Å². The van der Waals surface area contributed by atoms with E-state index in [9.17, 15) is 13.2 Å². The molecule has 0 spiro atoms. The van der Waals surface area contributed by atoms with Crippen molar-refractivity contribution in [3.8, 4) is 0 Å². The van der Waals surface area contributed by atoms with Crippen LogP contribution >= 0.6 is 12.4 Å². The molecular formula is C16H26ClN3O3S. The highest BCUT2D eigenvalue weighted by Crippen LogP contribution is 2.25. The summed E-state index contributed by atoms with van der Waals surface area (Å²) in [6.07, 6.45) is 3.56. The molecule has 1 aromatic rings. The fourth-order valence-corrected chi connectivity index (χ4v) is 4.45. The molecule has 1 fully saturated rings. The largest absolute Gasteiger partial charge is 0.352 e. The van der Waals surface area contributed by atoms with E-state index >= 15 is 0 Å². The van der Waals surface area contributed by atoms with Gasteiger partial charge in [-0.1, -0.05) is 6.42 Å². The number of hydrogen-bond acceptors (Lipinski definition) is 4. The minimum Gasteiger partial charge on any atom is -0.352 e. The van der Waals surface area contributed by atoms with Crippen LogP contribution < -0.4 is 11.1 Å². The molecule has 1 amide bonds. The van der Waals surface area contributed by atoms with Gasteiger partial charge in [-0.25, -0.2) is 8.42 Å². The number of nitrogens with two attached hydrogens (primary N) is 1. The molecule has 0 bridgehead atoms. The van der Waals surface area contributed by atoms with Crippen LogP contribution in [0.4, 0.5) is 0 Å². The Labute approximate surface area is 150 Å². The Morgan fingerprint density at radius 2 is 1.96 bits per heavy atom. The molecular weight excluding hydrogens is 350 g/mol. The van der Waals surface area contributed by atoms with Gasteiger partial charge in [-0.3, -0.25) is 4.79 Å². The molecule has 2 rings (SSSR count). The summed E-state index contributed by atoms with van der Waals surface area (Å²) in [5.41, 5.74) is 5.83. The standard InChI is InChI=1S/C16H25N3O3S.ClH/c1-13-5-2-3-12-19(13)23(21,22)15-8-6-14(7-9-15)16(20)18-11-4-10-17;/h6-9,13H,2-5,10-12,17H2,1H3,(H,18,20);1H. The van der Waals surface area contributed by atoms with Crippen LogP contribution in [0.25, 0.3) is 0 Å². The van der Waals surface area contributed by atoms with Gasteiger partial charge in [0.15, 0.2) is 0 Å². The first kappa shape index (κ1) is 20.9. The van der Waals surface area contributed by atoms with Crippen LogP contribution in [-0.2, 0) is 10.0 Å². The second-order valence-corrected chi connectivity index (χ2v) is 7.77. The van der Waals surface area contributed by atoms with Crippen molar-refractivity contribution >= 4 is 28.3 Å². The molecule has 0 aliphatic carbocycles. The van der Waals surface area contributed by atoms with E-state index in [2.05, 4.69) is 5.32 Å². The predicted octanol–water partition coefficient (Wildman–Crippen LogP) is 1.75. The van der Waals surface area contributed by atoms with Crippen molar-refractivity contribution in [2.45, 2.75) is 43.5 Å². The molecule has 3 N–H and O–H groups in total. The Hall–Kier alpha value is -1.15. The molecule has 1 unspecified atom stereocenters. The number of nitrogens with zero attached hydrogens (tertiary/aromatic N) is 1. The highest BCUT2D eigenvalue weighted by atomic mass is 35.5. The van der Waals surface area contributed by atoms with Crippen LogP contribution in [0.5, 0.6) is 0 Å². The summed E-state index contributed by atoms with van der Waals surface area (Å²) in [7, 11) is -3.49. The van der Waals surface area contributed by atoms with Gasteiger partial charge in [0.25, 0.3) is 5.91 Å². The van der Waals surface area contributed by atoms with E-state index in [1.165, 1.54) is 12.1 Å². The summed E-state index contributed by atoms with van der Waals surface area (Å²) in [5, 5.41) is 2.75. The molecule has 136 valence electrons. The quantitative estimate of drug-likeness (QED) is 0.741. The Kier molecular flexibility index (Phi) is 8.15. The van der Waals surface area contributed by atoms with Gasteiger partial charge in [-0.15, -0.1) is 12.4 Å². The lowest BCUT2D eigenvalue weighted by atomic mass is 10.1. The average Bonchev–Trinajstić information content (AvgIpc) is 2.55. The molecule has 1 heterocycles. The molecule has 1 atom stereocenters. The lowest BCUT2D eigenvalue weighted by Gasteiger charge is -2.32. The fraction of sp³-hybridized carbons (Fsp3) is 0.562. The maximum absolute atomic E-state index is 12.7. The SMILES string of the molecule is CC1CCCCN1S(=O)(=O)c1ccc(C(=O)NCCCN)cc1.Cl. The molecule has 8 heteroatoms. The van der Waals surface area contributed by atoms with E-state index in [4.69, 9.17) is 5.73 Å². The Morgan fingerprint density at radius 1 is 1.29 bits per heavy atom. The van der Waals surface area contributed by atoms with E-state index in [1.54, 1.807) is 16.4 Å². The third kappa shape index (κ3) is 4.92. The lowest BCUT2D eigenvalue weighted by molar-refractivity contribution is 0.0953. The highest BCUT2D eigenvalue weighted by molar-refractivity contribution is 7.89. The number of benzene rings is 1. The average molecular weight is 376 g/mol. The smallest absolute Gasteiger partial charge is 0.251 e. The van der Waals surface area contributed by atoms with Crippen molar-refractivity contribution in [2.24, 2.45) is 5.73 Å². The Balaban J connectivity index is 0.00000288. The molecule has 1 aliphatic heterocycles. The number of halogens is 1. The highest BCUT2D eigenvalue weighted by Gasteiger charge is 2.30. The maximum atomic E-state index is 12.7. The maximum Gasteiger partial charge on any atom is 0.251 e. The van der Waals surface area contributed by atoms with Gasteiger partial charge in [0.2, 0.25) is 10.0 Å². The van der Waals surface area contributed by atoms with E-state index < -0.39 is 10.0 Å². The summed E-state index contributed by atoms with van der Waals surface area (Å²) < 4.78 is 27.0. The zero-order valence-corrected chi connectivity index (χ0v) is 15.5. The minimum atomic E-state index is -3.49. The van der Waals surface area contributed by atoms with E-state index in [-0.39, 0.29) is 29.3 Å². The van der Waals surface area contributed by atoms with Crippen LogP contribution in [0.15, 0.2) is 29.2 Å². The van der Waals surface area contributed by atoms with Gasteiger partial charge in [-0.2, -0.15) is 4.31 Å². The summed E-state index contributed by atoms with van der Waals surface area (Å²) >= 11 is 0. The molecule has 1 aromatic carbocycles. The number of rotatable bonds is 6. The van der Waals surface area contributed by atoms with E-state index in [0.717, 1.165) is 19.3 Å². The van der Waals surface area contributed by atoms with Crippen LogP contribution in [0.2, 0.25) is 0 Å². The molecule has 24 heavy (non-hydrogen) atoms. The van der Waals surface area contributed by atoms with Crippen molar-refractivity contribution in [3.63, 3.8) is 0 Å². The third-order valence-electron chi connectivity index (χ3n) is 4.13. The minimum absolute atomic E-state index is 0. The molecule has 1 saturated heterocycles. The zero-order valence-electron chi connectivity index (χ0n) is 13.9. The normalized spacial score (nSPS) is 18.7.